The Morgan fingerprint density at radius 1 is 0.459 bits per heavy atom. The van der Waals surface area contributed by atoms with Crippen molar-refractivity contribution in [3.63, 3.8) is 0 Å². The van der Waals surface area contributed by atoms with E-state index in [1.165, 1.54) is 122 Å². The average molecular weight is 641 g/mol. The van der Waals surface area contributed by atoms with Gasteiger partial charge in [-0.15, -0.1) is 6.04 Å². The van der Waals surface area contributed by atoms with E-state index in [4.69, 9.17) is 0 Å². The zero-order valence-electron chi connectivity index (χ0n) is 23.9. The van der Waals surface area contributed by atoms with Gasteiger partial charge in [-0.1, -0.05) is 109 Å². The van der Waals surface area contributed by atoms with Crippen LogP contribution in [0.15, 0.2) is 0 Å². The second-order valence-corrected chi connectivity index (χ2v) is 12.8. The first-order valence-electron chi connectivity index (χ1n) is 16.3. The van der Waals surface area contributed by atoms with Crippen molar-refractivity contribution in [2.24, 2.45) is 11.8 Å². The molecule has 0 aromatic heterocycles. The van der Waals surface area contributed by atoms with Crippen LogP contribution in [0.5, 0.6) is 0 Å². The largest absolute Gasteiger partial charge is 0.650 e. The molecule has 5 fully saturated rings. The first-order chi connectivity index (χ1) is 17.7. The van der Waals surface area contributed by atoms with Gasteiger partial charge in [0.25, 0.3) is 0 Å². The van der Waals surface area contributed by atoms with Crippen molar-refractivity contribution in [2.45, 2.75) is 179 Å². The molecular formula is C32H55N2O2Pr-. The number of amides is 2. The van der Waals surface area contributed by atoms with E-state index in [2.05, 4.69) is 10.2 Å². The van der Waals surface area contributed by atoms with Crippen LogP contribution in [-0.2, 0) is 9.59 Å². The summed E-state index contributed by atoms with van der Waals surface area (Å²) < 4.78 is 0. The van der Waals surface area contributed by atoms with Gasteiger partial charge in [-0.3, -0.25) is 4.79 Å². The van der Waals surface area contributed by atoms with Gasteiger partial charge in [0, 0.05) is 65.2 Å². The minimum atomic E-state index is 0. The molecule has 1 radical (unpaired) electrons. The Morgan fingerprint density at radius 3 is 1.24 bits per heavy atom. The molecule has 37 heavy (non-hydrogen) atoms. The summed E-state index contributed by atoms with van der Waals surface area (Å²) in [7, 11) is 0. The number of nitrogens with zero attached hydrogens (tertiary/aromatic N) is 2. The predicted octanol–water partition coefficient (Wildman–Crippen LogP) is 8.86. The summed E-state index contributed by atoms with van der Waals surface area (Å²) in [6.45, 7) is 0. The monoisotopic (exact) mass is 640 g/mol. The topological polar surface area (TPSA) is 51.5 Å². The van der Waals surface area contributed by atoms with Crippen molar-refractivity contribution in [2.75, 3.05) is 0 Å². The summed E-state index contributed by atoms with van der Waals surface area (Å²) in [5, 5.41) is 4.42. The maximum atomic E-state index is 13.2. The van der Waals surface area contributed by atoms with Gasteiger partial charge in [0.15, 0.2) is 0 Å². The summed E-state index contributed by atoms with van der Waals surface area (Å²) in [6.07, 6.45) is 31.6. The zero-order chi connectivity index (χ0) is 25.0. The third-order valence-electron chi connectivity index (χ3n) is 9.98. The molecule has 5 aliphatic rings. The van der Waals surface area contributed by atoms with E-state index < -0.39 is 0 Å². The first-order valence-corrected chi connectivity index (χ1v) is 16.3. The van der Waals surface area contributed by atoms with Crippen LogP contribution in [-0.4, -0.2) is 34.8 Å². The number of hydrogen-bond donors (Lipinski definition) is 0. The quantitative estimate of drug-likeness (QED) is 0.302. The van der Waals surface area contributed by atoms with Crippen molar-refractivity contribution in [1.29, 1.82) is 0 Å². The summed E-state index contributed by atoms with van der Waals surface area (Å²) in [5.41, 5.74) is 0. The zero-order valence-corrected chi connectivity index (χ0v) is 27.6. The van der Waals surface area contributed by atoms with E-state index in [0.717, 1.165) is 38.5 Å². The number of carbonyl (C=O) groups excluding carboxylic acids is 2. The number of rotatable bonds is 5. The van der Waals surface area contributed by atoms with E-state index in [0.29, 0.717) is 30.0 Å². The van der Waals surface area contributed by atoms with E-state index in [1.54, 1.807) is 0 Å². The number of hydrogen-bond acceptors (Lipinski definition) is 2. The van der Waals surface area contributed by atoms with Gasteiger partial charge in [-0.2, -0.15) is 0 Å². The summed E-state index contributed by atoms with van der Waals surface area (Å²) >= 11 is 0. The molecule has 5 aliphatic carbocycles. The minimum absolute atomic E-state index is 0. The molecule has 0 saturated heterocycles. The Balaban J connectivity index is 0.000000211. The van der Waals surface area contributed by atoms with Gasteiger partial charge in [0.1, 0.15) is 0 Å². The van der Waals surface area contributed by atoms with Gasteiger partial charge >= 0.3 is 0 Å². The van der Waals surface area contributed by atoms with Gasteiger partial charge in [-0.05, 0) is 51.4 Å². The van der Waals surface area contributed by atoms with E-state index in [1.807, 2.05) is 0 Å². The van der Waals surface area contributed by atoms with Gasteiger partial charge in [0.2, 0.25) is 5.91 Å². The van der Waals surface area contributed by atoms with Crippen LogP contribution in [0.4, 0.5) is 0 Å². The third-order valence-corrected chi connectivity index (χ3v) is 9.98. The molecule has 5 rings (SSSR count). The standard InChI is InChI=1S/C19H33NO.C13H23NO.Pr/c21-19(16-10-4-1-5-11-16)20(17-12-6-2-7-13-17)18-14-8-3-9-15-18;15-13(11-7-3-1-4-8-11)14-12-9-5-2-6-10-12;/h16-18H,1-15H2;11-12H,1-10H2,(H,14,15);/p-1. The van der Waals surface area contributed by atoms with Crippen LogP contribution in [0, 0.1) is 53.1 Å². The fourth-order valence-corrected chi connectivity index (χ4v) is 7.78. The predicted molar refractivity (Wildman–Crippen MR) is 149 cm³/mol. The molecule has 0 aromatic rings. The molecular weight excluding hydrogens is 585 g/mol. The van der Waals surface area contributed by atoms with E-state index in [-0.39, 0.29) is 53.1 Å². The molecule has 5 saturated carbocycles. The molecule has 5 heteroatoms. The fourth-order valence-electron chi connectivity index (χ4n) is 7.78. The molecule has 2 amide bonds. The SMILES string of the molecule is O=C(C1CCCCC1)N(C1CCCCC1)C1CCCCC1.O=C([N-]C1CCCCC1)C1CCCCC1.[Pr]. The minimum Gasteiger partial charge on any atom is -0.650 e. The number of carbonyl (C=O) groups is 2. The van der Waals surface area contributed by atoms with Crippen molar-refractivity contribution < 1.29 is 50.9 Å². The van der Waals surface area contributed by atoms with Crippen LogP contribution >= 0.6 is 0 Å². The van der Waals surface area contributed by atoms with Gasteiger partial charge < -0.3 is 15.0 Å². The van der Waals surface area contributed by atoms with Crippen molar-refractivity contribution in [1.82, 2.24) is 4.90 Å². The normalized spacial score (nSPS) is 25.3. The summed E-state index contributed by atoms with van der Waals surface area (Å²) in [4.78, 5) is 27.6. The Morgan fingerprint density at radius 2 is 0.811 bits per heavy atom. The molecule has 0 aliphatic heterocycles. The smallest absolute Gasteiger partial charge is 0.226 e. The van der Waals surface area contributed by atoms with Gasteiger partial charge in [0.05, 0.1) is 5.91 Å². The second kappa shape index (κ2) is 17.9. The van der Waals surface area contributed by atoms with E-state index >= 15 is 0 Å². The first kappa shape index (κ1) is 31.8. The Labute approximate surface area is 261 Å². The average Bonchev–Trinajstić information content (AvgIpc) is 2.96. The van der Waals surface area contributed by atoms with Gasteiger partial charge in [-0.25, -0.2) is 0 Å². The molecule has 0 unspecified atom stereocenters. The summed E-state index contributed by atoms with van der Waals surface area (Å²) in [5.74, 6) is 1.42. The van der Waals surface area contributed by atoms with Crippen LogP contribution < -0.4 is 0 Å². The molecule has 0 bridgehead atoms. The van der Waals surface area contributed by atoms with Crippen molar-refractivity contribution in [3.8, 4) is 0 Å². The maximum Gasteiger partial charge on any atom is 0.226 e. The molecule has 0 heterocycles. The Hall–Kier alpha value is 0.304. The molecule has 0 spiro atoms. The summed E-state index contributed by atoms with van der Waals surface area (Å²) in [6, 6.07) is 1.53. The van der Waals surface area contributed by atoms with E-state index in [9.17, 15) is 9.59 Å². The Kier molecular flexibility index (Phi) is 15.4. The Bertz CT molecular complexity index is 623. The van der Waals surface area contributed by atoms with Crippen LogP contribution in [0.1, 0.15) is 161 Å². The van der Waals surface area contributed by atoms with Crippen LogP contribution in [0.3, 0.4) is 0 Å². The molecule has 0 aromatic carbocycles. The third kappa shape index (κ3) is 10.3. The van der Waals surface area contributed by atoms with Crippen molar-refractivity contribution >= 4 is 11.8 Å². The second-order valence-electron chi connectivity index (χ2n) is 12.8. The van der Waals surface area contributed by atoms with Crippen molar-refractivity contribution in [3.05, 3.63) is 5.32 Å². The van der Waals surface area contributed by atoms with Crippen LogP contribution in [0.2, 0.25) is 0 Å². The fraction of sp³-hybridized carbons (Fsp3) is 0.938. The van der Waals surface area contributed by atoms with Crippen LogP contribution in [0.25, 0.3) is 5.32 Å². The molecule has 209 valence electrons. The molecule has 4 nitrogen and oxygen atoms in total. The molecule has 0 atom stereocenters. The molecule has 0 N–H and O–H groups in total. The maximum absolute atomic E-state index is 13.2.